The van der Waals surface area contributed by atoms with E-state index in [4.69, 9.17) is 10.5 Å². The number of amides is 1. The van der Waals surface area contributed by atoms with Crippen LogP contribution in [-0.4, -0.2) is 61.6 Å². The first-order valence-electron chi connectivity index (χ1n) is 8.15. The molecule has 5 nitrogen and oxygen atoms in total. The van der Waals surface area contributed by atoms with Crippen molar-refractivity contribution >= 4 is 5.91 Å². The van der Waals surface area contributed by atoms with Crippen LogP contribution in [0.2, 0.25) is 0 Å². The summed E-state index contributed by atoms with van der Waals surface area (Å²) in [6.07, 6.45) is 3.48. The molecule has 2 rings (SSSR count). The second-order valence-corrected chi connectivity index (χ2v) is 5.81. The van der Waals surface area contributed by atoms with Crippen LogP contribution in [0.1, 0.15) is 19.3 Å². The first-order chi connectivity index (χ1) is 10.7. The number of carbonyl (C=O) groups excluding carboxylic acids is 1. The largest absolute Gasteiger partial charge is 0.494 e. The summed E-state index contributed by atoms with van der Waals surface area (Å²) in [4.78, 5) is 15.5. The highest BCUT2D eigenvalue weighted by Crippen LogP contribution is 2.10. The maximum absolute atomic E-state index is 10.9. The Bertz CT molecular complexity index is 431. The predicted molar refractivity (Wildman–Crippen MR) is 87.9 cm³/mol. The molecule has 0 radical (unpaired) electrons. The van der Waals surface area contributed by atoms with Crippen molar-refractivity contribution in [2.75, 3.05) is 45.9 Å². The van der Waals surface area contributed by atoms with E-state index in [-0.39, 0.29) is 5.91 Å². The van der Waals surface area contributed by atoms with Gasteiger partial charge in [0.25, 0.3) is 0 Å². The predicted octanol–water partition coefficient (Wildman–Crippen LogP) is 1.34. The molecule has 1 aromatic rings. The number of rotatable bonds is 9. The van der Waals surface area contributed by atoms with Gasteiger partial charge in [0.1, 0.15) is 5.75 Å². The Labute approximate surface area is 133 Å². The number of para-hydroxylation sites is 1. The molecule has 0 spiro atoms. The molecule has 2 N–H and O–H groups in total. The minimum atomic E-state index is -0.230. The third-order valence-corrected chi connectivity index (χ3v) is 3.97. The molecule has 1 aliphatic heterocycles. The van der Waals surface area contributed by atoms with Gasteiger partial charge < -0.3 is 15.4 Å². The molecule has 122 valence electrons. The molecule has 0 aromatic heterocycles. The van der Waals surface area contributed by atoms with Crippen molar-refractivity contribution in [2.24, 2.45) is 5.73 Å². The smallest absolute Gasteiger partial charge is 0.231 e. The fraction of sp³-hybridized carbons (Fsp3) is 0.588. The van der Waals surface area contributed by atoms with E-state index in [1.807, 2.05) is 30.3 Å². The third kappa shape index (κ3) is 6.45. The maximum Gasteiger partial charge on any atom is 0.231 e. The van der Waals surface area contributed by atoms with Crippen LogP contribution in [0.4, 0.5) is 0 Å². The zero-order chi connectivity index (χ0) is 15.6. The molecule has 0 aliphatic carbocycles. The van der Waals surface area contributed by atoms with Crippen LogP contribution < -0.4 is 10.5 Å². The minimum absolute atomic E-state index is 0.230. The normalized spacial score (nSPS) is 16.5. The topological polar surface area (TPSA) is 58.8 Å². The van der Waals surface area contributed by atoms with Gasteiger partial charge in [-0.05, 0) is 37.9 Å². The molecule has 0 unspecified atom stereocenters. The molecule has 1 heterocycles. The van der Waals surface area contributed by atoms with Gasteiger partial charge in [0, 0.05) is 26.2 Å². The number of primary amides is 1. The summed E-state index contributed by atoms with van der Waals surface area (Å²) in [5, 5.41) is 0. The van der Waals surface area contributed by atoms with E-state index in [9.17, 15) is 4.79 Å². The van der Waals surface area contributed by atoms with Gasteiger partial charge in [-0.2, -0.15) is 0 Å². The highest BCUT2D eigenvalue weighted by molar-refractivity contribution is 5.75. The van der Waals surface area contributed by atoms with Crippen molar-refractivity contribution in [1.29, 1.82) is 0 Å². The van der Waals surface area contributed by atoms with Crippen LogP contribution in [0.5, 0.6) is 5.75 Å². The number of benzene rings is 1. The average Bonchev–Trinajstić information content (AvgIpc) is 2.53. The van der Waals surface area contributed by atoms with Crippen LogP contribution in [0.3, 0.4) is 0 Å². The van der Waals surface area contributed by atoms with E-state index in [0.29, 0.717) is 6.54 Å². The molecule has 22 heavy (non-hydrogen) atoms. The zero-order valence-electron chi connectivity index (χ0n) is 13.2. The van der Waals surface area contributed by atoms with E-state index in [0.717, 1.165) is 51.5 Å². The Morgan fingerprint density at radius 2 is 1.68 bits per heavy atom. The summed E-state index contributed by atoms with van der Waals surface area (Å²) in [5.74, 6) is 0.722. The van der Waals surface area contributed by atoms with Crippen LogP contribution in [-0.2, 0) is 4.79 Å². The van der Waals surface area contributed by atoms with Gasteiger partial charge in [0.2, 0.25) is 5.91 Å². The number of unbranched alkanes of at least 4 members (excludes halogenated alkanes) is 2. The van der Waals surface area contributed by atoms with E-state index < -0.39 is 0 Å². The summed E-state index contributed by atoms with van der Waals surface area (Å²) in [5.41, 5.74) is 5.22. The Hall–Kier alpha value is -1.59. The van der Waals surface area contributed by atoms with Crippen molar-refractivity contribution in [3.05, 3.63) is 30.3 Å². The van der Waals surface area contributed by atoms with Gasteiger partial charge in [-0.1, -0.05) is 18.2 Å². The van der Waals surface area contributed by atoms with Gasteiger partial charge >= 0.3 is 0 Å². The molecule has 1 fully saturated rings. The number of piperazine rings is 1. The zero-order valence-corrected chi connectivity index (χ0v) is 13.2. The monoisotopic (exact) mass is 305 g/mol. The van der Waals surface area contributed by atoms with Crippen molar-refractivity contribution in [3.63, 3.8) is 0 Å². The fourth-order valence-corrected chi connectivity index (χ4v) is 2.71. The van der Waals surface area contributed by atoms with Crippen molar-refractivity contribution in [3.8, 4) is 5.75 Å². The summed E-state index contributed by atoms with van der Waals surface area (Å²) < 4.78 is 5.69. The fourth-order valence-electron chi connectivity index (χ4n) is 2.71. The lowest BCUT2D eigenvalue weighted by Crippen LogP contribution is -2.48. The SMILES string of the molecule is NC(=O)CN1CCN(CCCCCOc2ccccc2)CC1. The Morgan fingerprint density at radius 1 is 1.00 bits per heavy atom. The lowest BCUT2D eigenvalue weighted by Gasteiger charge is -2.33. The van der Waals surface area contributed by atoms with Crippen LogP contribution in [0.25, 0.3) is 0 Å². The molecule has 0 bridgehead atoms. The first kappa shape index (κ1) is 16.8. The molecular weight excluding hydrogens is 278 g/mol. The molecule has 1 amide bonds. The second-order valence-electron chi connectivity index (χ2n) is 5.81. The Morgan fingerprint density at radius 3 is 2.36 bits per heavy atom. The third-order valence-electron chi connectivity index (χ3n) is 3.97. The van der Waals surface area contributed by atoms with Gasteiger partial charge in [-0.15, -0.1) is 0 Å². The number of hydrogen-bond donors (Lipinski definition) is 1. The molecule has 1 aliphatic rings. The molecule has 0 saturated carbocycles. The highest BCUT2D eigenvalue weighted by atomic mass is 16.5. The Balaban J connectivity index is 1.47. The van der Waals surface area contributed by atoms with Crippen molar-refractivity contribution in [1.82, 2.24) is 9.80 Å². The summed E-state index contributed by atoms with van der Waals surface area (Å²) in [7, 11) is 0. The van der Waals surface area contributed by atoms with Crippen LogP contribution in [0.15, 0.2) is 30.3 Å². The average molecular weight is 305 g/mol. The van der Waals surface area contributed by atoms with E-state index in [2.05, 4.69) is 9.80 Å². The van der Waals surface area contributed by atoms with Crippen LogP contribution in [0, 0.1) is 0 Å². The lowest BCUT2D eigenvalue weighted by molar-refractivity contribution is -0.119. The highest BCUT2D eigenvalue weighted by Gasteiger charge is 2.17. The molecular formula is C17H27N3O2. The maximum atomic E-state index is 10.9. The quantitative estimate of drug-likeness (QED) is 0.700. The van der Waals surface area contributed by atoms with Gasteiger partial charge in [-0.25, -0.2) is 0 Å². The van der Waals surface area contributed by atoms with Crippen molar-refractivity contribution < 1.29 is 9.53 Å². The lowest BCUT2D eigenvalue weighted by atomic mass is 10.2. The van der Waals surface area contributed by atoms with Crippen molar-refractivity contribution in [2.45, 2.75) is 19.3 Å². The number of ether oxygens (including phenoxy) is 1. The first-order valence-corrected chi connectivity index (χ1v) is 8.15. The van der Waals surface area contributed by atoms with Crippen LogP contribution >= 0.6 is 0 Å². The molecule has 1 saturated heterocycles. The summed E-state index contributed by atoms with van der Waals surface area (Å²) in [6.45, 7) is 6.28. The van der Waals surface area contributed by atoms with E-state index >= 15 is 0 Å². The molecule has 5 heteroatoms. The number of hydrogen-bond acceptors (Lipinski definition) is 4. The Kier molecular flexibility index (Phi) is 7.19. The van der Waals surface area contributed by atoms with Gasteiger partial charge in [0.15, 0.2) is 0 Å². The summed E-state index contributed by atoms with van der Waals surface area (Å²) in [6, 6.07) is 9.97. The standard InChI is InChI=1S/C17H27N3O2/c18-17(21)15-20-12-10-19(11-13-20)9-5-2-6-14-22-16-7-3-1-4-8-16/h1,3-4,7-8H,2,5-6,9-15H2,(H2,18,21). The van der Waals surface area contributed by atoms with Gasteiger partial charge in [-0.3, -0.25) is 9.69 Å². The number of carbonyl (C=O) groups is 1. The number of nitrogens with zero attached hydrogens (tertiary/aromatic N) is 2. The van der Waals surface area contributed by atoms with Gasteiger partial charge in [0.05, 0.1) is 13.2 Å². The molecule has 1 aromatic carbocycles. The number of nitrogens with two attached hydrogens (primary N) is 1. The van der Waals surface area contributed by atoms with E-state index in [1.54, 1.807) is 0 Å². The summed E-state index contributed by atoms with van der Waals surface area (Å²) >= 11 is 0. The second kappa shape index (κ2) is 9.43. The minimum Gasteiger partial charge on any atom is -0.494 e. The molecule has 0 atom stereocenters. The van der Waals surface area contributed by atoms with E-state index in [1.165, 1.54) is 12.8 Å².